The quantitative estimate of drug-likeness (QED) is 0.470. The lowest BCUT2D eigenvalue weighted by Crippen LogP contribution is -1.98. The van der Waals surface area contributed by atoms with Crippen molar-refractivity contribution in [3.8, 4) is 5.75 Å². The molecule has 1 aromatic rings. The van der Waals surface area contributed by atoms with Crippen LogP contribution in [0.15, 0.2) is 24.3 Å². The molecule has 1 aromatic carbocycles. The van der Waals surface area contributed by atoms with Crippen molar-refractivity contribution in [1.82, 2.24) is 0 Å². The van der Waals surface area contributed by atoms with Crippen molar-refractivity contribution in [2.45, 2.75) is 52.4 Å². The molecule has 0 unspecified atom stereocenters. The number of benzene rings is 1. The summed E-state index contributed by atoms with van der Waals surface area (Å²) in [6, 6.07) is 7.37. The smallest absolute Gasteiger partial charge is 0.159 e. The fourth-order valence-corrected chi connectivity index (χ4v) is 1.86. The number of unbranched alkanes of at least 4 members (excludes halogenated alkanes) is 5. The maximum absolute atomic E-state index is 11.1. The SMILES string of the molecule is CCCCCCCCOc1ccc(C(C)=O)cc1. The van der Waals surface area contributed by atoms with Crippen LogP contribution in [-0.2, 0) is 0 Å². The van der Waals surface area contributed by atoms with E-state index >= 15 is 0 Å². The van der Waals surface area contributed by atoms with Gasteiger partial charge in [0.25, 0.3) is 0 Å². The minimum Gasteiger partial charge on any atom is -0.494 e. The number of Topliss-reactive ketones (excluding diaryl/α,β-unsaturated/α-hetero) is 1. The lowest BCUT2D eigenvalue weighted by molar-refractivity contribution is 0.101. The fourth-order valence-electron chi connectivity index (χ4n) is 1.86. The molecule has 18 heavy (non-hydrogen) atoms. The fraction of sp³-hybridized carbons (Fsp3) is 0.562. The molecule has 0 atom stereocenters. The molecule has 1 rings (SSSR count). The van der Waals surface area contributed by atoms with Crippen LogP contribution >= 0.6 is 0 Å². The third-order valence-corrected chi connectivity index (χ3v) is 3.03. The van der Waals surface area contributed by atoms with Crippen LogP contribution in [0.2, 0.25) is 0 Å². The Bertz CT molecular complexity index is 341. The first-order valence-corrected chi connectivity index (χ1v) is 6.98. The summed E-state index contributed by atoms with van der Waals surface area (Å²) in [4.78, 5) is 11.1. The number of carbonyl (C=O) groups is 1. The summed E-state index contributed by atoms with van der Waals surface area (Å²) in [6.45, 7) is 4.57. The third-order valence-electron chi connectivity index (χ3n) is 3.03. The Morgan fingerprint density at radius 1 is 1.00 bits per heavy atom. The van der Waals surface area contributed by atoms with Crippen LogP contribution in [0.4, 0.5) is 0 Å². The van der Waals surface area contributed by atoms with Gasteiger partial charge in [0, 0.05) is 5.56 Å². The van der Waals surface area contributed by atoms with Crippen molar-refractivity contribution in [3.05, 3.63) is 29.8 Å². The van der Waals surface area contributed by atoms with E-state index in [0.717, 1.165) is 24.3 Å². The van der Waals surface area contributed by atoms with E-state index < -0.39 is 0 Å². The van der Waals surface area contributed by atoms with Crippen LogP contribution in [0, 0.1) is 0 Å². The third kappa shape index (κ3) is 5.85. The molecule has 0 aliphatic rings. The van der Waals surface area contributed by atoms with Crippen LogP contribution in [0.3, 0.4) is 0 Å². The molecule has 0 amide bonds. The summed E-state index contributed by atoms with van der Waals surface area (Å²) in [5.74, 6) is 0.950. The van der Waals surface area contributed by atoms with Crippen molar-refractivity contribution in [1.29, 1.82) is 0 Å². The van der Waals surface area contributed by atoms with Gasteiger partial charge in [0.1, 0.15) is 5.75 Å². The molecule has 0 N–H and O–H groups in total. The standard InChI is InChI=1S/C16H24O2/c1-3-4-5-6-7-8-13-18-16-11-9-15(10-12-16)14(2)17/h9-12H,3-8,13H2,1-2H3. The van der Waals surface area contributed by atoms with Gasteiger partial charge < -0.3 is 4.74 Å². The van der Waals surface area contributed by atoms with Gasteiger partial charge in [0.2, 0.25) is 0 Å². The Morgan fingerprint density at radius 3 is 2.22 bits per heavy atom. The van der Waals surface area contributed by atoms with Crippen LogP contribution < -0.4 is 4.74 Å². The van der Waals surface area contributed by atoms with Crippen molar-refractivity contribution in [3.63, 3.8) is 0 Å². The first kappa shape index (κ1) is 14.7. The minimum atomic E-state index is 0.0949. The molecule has 0 heterocycles. The van der Waals surface area contributed by atoms with Crippen molar-refractivity contribution in [2.24, 2.45) is 0 Å². The summed E-state index contributed by atoms with van der Waals surface area (Å²) >= 11 is 0. The van der Waals surface area contributed by atoms with Crippen LogP contribution in [-0.4, -0.2) is 12.4 Å². The van der Waals surface area contributed by atoms with Gasteiger partial charge in [-0.2, -0.15) is 0 Å². The monoisotopic (exact) mass is 248 g/mol. The van der Waals surface area contributed by atoms with Gasteiger partial charge in [0.15, 0.2) is 5.78 Å². The summed E-state index contributed by atoms with van der Waals surface area (Å²) in [5, 5.41) is 0. The van der Waals surface area contributed by atoms with Gasteiger partial charge in [-0.25, -0.2) is 0 Å². The van der Waals surface area contributed by atoms with Gasteiger partial charge in [-0.3, -0.25) is 4.79 Å². The zero-order chi connectivity index (χ0) is 13.2. The van der Waals surface area contributed by atoms with Crippen molar-refractivity contribution in [2.75, 3.05) is 6.61 Å². The molecule has 0 bridgehead atoms. The van der Waals surface area contributed by atoms with E-state index in [4.69, 9.17) is 4.74 Å². The molecule has 100 valence electrons. The highest BCUT2D eigenvalue weighted by molar-refractivity contribution is 5.94. The molecule has 0 saturated heterocycles. The highest BCUT2D eigenvalue weighted by Gasteiger charge is 1.99. The van der Waals surface area contributed by atoms with E-state index in [1.54, 1.807) is 6.92 Å². The van der Waals surface area contributed by atoms with Crippen LogP contribution in [0.5, 0.6) is 5.75 Å². The van der Waals surface area contributed by atoms with Crippen LogP contribution in [0.1, 0.15) is 62.7 Å². The van der Waals surface area contributed by atoms with E-state index in [2.05, 4.69) is 6.92 Å². The molecular weight excluding hydrogens is 224 g/mol. The number of ketones is 1. The second-order valence-corrected chi connectivity index (χ2v) is 4.70. The van der Waals surface area contributed by atoms with E-state index in [1.807, 2.05) is 24.3 Å². The number of hydrogen-bond donors (Lipinski definition) is 0. The number of carbonyl (C=O) groups excluding carboxylic acids is 1. The summed E-state index contributed by atoms with van der Waals surface area (Å²) < 4.78 is 5.64. The van der Waals surface area contributed by atoms with Gasteiger partial charge in [-0.15, -0.1) is 0 Å². The van der Waals surface area contributed by atoms with Gasteiger partial charge >= 0.3 is 0 Å². The lowest BCUT2D eigenvalue weighted by atomic mass is 10.1. The number of ether oxygens (including phenoxy) is 1. The largest absolute Gasteiger partial charge is 0.494 e. The Kier molecular flexibility index (Phi) is 7.16. The Balaban J connectivity index is 2.14. The number of rotatable bonds is 9. The summed E-state index contributed by atoms with van der Waals surface area (Å²) in [6.07, 6.45) is 7.63. The highest BCUT2D eigenvalue weighted by Crippen LogP contribution is 2.13. The predicted octanol–water partition coefficient (Wildman–Crippen LogP) is 4.63. The minimum absolute atomic E-state index is 0.0949. The molecule has 0 radical (unpaired) electrons. The van der Waals surface area contributed by atoms with E-state index in [1.165, 1.54) is 32.1 Å². The molecular formula is C16H24O2. The van der Waals surface area contributed by atoms with Crippen molar-refractivity contribution < 1.29 is 9.53 Å². The topological polar surface area (TPSA) is 26.3 Å². The maximum Gasteiger partial charge on any atom is 0.159 e. The van der Waals surface area contributed by atoms with Crippen LogP contribution in [0.25, 0.3) is 0 Å². The van der Waals surface area contributed by atoms with E-state index in [-0.39, 0.29) is 5.78 Å². The first-order valence-electron chi connectivity index (χ1n) is 6.98. The second-order valence-electron chi connectivity index (χ2n) is 4.70. The molecule has 0 aromatic heterocycles. The first-order chi connectivity index (χ1) is 8.74. The Morgan fingerprint density at radius 2 is 1.61 bits per heavy atom. The average Bonchev–Trinajstić information content (AvgIpc) is 2.38. The molecule has 2 heteroatoms. The Labute approximate surface area is 110 Å². The lowest BCUT2D eigenvalue weighted by Gasteiger charge is -2.06. The molecule has 2 nitrogen and oxygen atoms in total. The normalized spacial score (nSPS) is 10.3. The number of hydrogen-bond acceptors (Lipinski definition) is 2. The van der Waals surface area contributed by atoms with Crippen molar-refractivity contribution >= 4 is 5.78 Å². The molecule has 0 saturated carbocycles. The van der Waals surface area contributed by atoms with E-state index in [0.29, 0.717) is 0 Å². The van der Waals surface area contributed by atoms with Gasteiger partial charge in [-0.1, -0.05) is 39.0 Å². The van der Waals surface area contributed by atoms with Gasteiger partial charge in [-0.05, 0) is 37.6 Å². The molecule has 0 fully saturated rings. The van der Waals surface area contributed by atoms with E-state index in [9.17, 15) is 4.79 Å². The Hall–Kier alpha value is -1.31. The zero-order valence-electron chi connectivity index (χ0n) is 11.6. The second kappa shape index (κ2) is 8.73. The summed E-state index contributed by atoms with van der Waals surface area (Å²) in [7, 11) is 0. The molecule has 0 aliphatic carbocycles. The molecule has 0 spiro atoms. The average molecular weight is 248 g/mol. The highest BCUT2D eigenvalue weighted by atomic mass is 16.5. The maximum atomic E-state index is 11.1. The molecule has 0 aliphatic heterocycles. The predicted molar refractivity (Wildman–Crippen MR) is 75.3 cm³/mol. The summed E-state index contributed by atoms with van der Waals surface area (Å²) in [5.41, 5.74) is 0.738. The zero-order valence-corrected chi connectivity index (χ0v) is 11.6. The van der Waals surface area contributed by atoms with Gasteiger partial charge in [0.05, 0.1) is 6.61 Å².